The van der Waals surface area contributed by atoms with Crippen LogP contribution >= 0.6 is 11.6 Å². The quantitative estimate of drug-likeness (QED) is 0.543. The van der Waals surface area contributed by atoms with Gasteiger partial charge < -0.3 is 15.3 Å². The number of rotatable bonds is 3. The lowest BCUT2D eigenvalue weighted by Crippen LogP contribution is -2.52. The predicted molar refractivity (Wildman–Crippen MR) is 43.6 cm³/mol. The largest absolute Gasteiger partial charge is 0.391 e. The fourth-order valence-electron chi connectivity index (χ4n) is 1.05. The summed E-state index contributed by atoms with van der Waals surface area (Å²) in [6.07, 6.45) is -2.86. The summed E-state index contributed by atoms with van der Waals surface area (Å²) >= 11 is 5.79. The minimum absolute atomic E-state index is 0.954. The Labute approximate surface area is 71.6 Å². The van der Waals surface area contributed by atoms with Crippen LogP contribution in [0.4, 0.5) is 0 Å². The fourth-order valence-corrected chi connectivity index (χ4v) is 1.05. The van der Waals surface area contributed by atoms with Gasteiger partial charge in [0, 0.05) is 0 Å². The maximum atomic E-state index is 9.16. The van der Waals surface area contributed by atoms with Crippen LogP contribution in [-0.2, 0) is 0 Å². The number of halogens is 1. The lowest BCUT2D eigenvalue weighted by Gasteiger charge is -2.35. The molecule has 3 unspecified atom stereocenters. The normalized spacial score (nSPS) is 25.4. The minimum atomic E-state index is -1.36. The van der Waals surface area contributed by atoms with Crippen LogP contribution in [0.2, 0.25) is 0 Å². The van der Waals surface area contributed by atoms with E-state index >= 15 is 0 Å². The van der Waals surface area contributed by atoms with Crippen LogP contribution in [0.1, 0.15) is 20.8 Å². The molecule has 0 fully saturated rings. The highest BCUT2D eigenvalue weighted by molar-refractivity contribution is 6.25. The Morgan fingerprint density at radius 2 is 1.09 bits per heavy atom. The van der Waals surface area contributed by atoms with Crippen molar-refractivity contribution in [2.45, 2.75) is 44.0 Å². The van der Waals surface area contributed by atoms with Crippen molar-refractivity contribution < 1.29 is 15.3 Å². The third-order valence-electron chi connectivity index (χ3n) is 1.92. The Kier molecular flexibility index (Phi) is 3.77. The number of hydrogen-bond acceptors (Lipinski definition) is 3. The molecular formula is C7H15ClO3. The van der Waals surface area contributed by atoms with Gasteiger partial charge in [-0.1, -0.05) is 0 Å². The molecule has 0 radical (unpaired) electrons. The molecule has 11 heavy (non-hydrogen) atoms. The van der Waals surface area contributed by atoms with Crippen molar-refractivity contribution in [3.8, 4) is 0 Å². The van der Waals surface area contributed by atoms with Gasteiger partial charge in [-0.2, -0.15) is 0 Å². The summed E-state index contributed by atoms with van der Waals surface area (Å²) in [5, 5.41) is 27.5. The van der Waals surface area contributed by atoms with Crippen LogP contribution in [-0.4, -0.2) is 38.5 Å². The molecule has 0 saturated carbocycles. The monoisotopic (exact) mass is 182 g/mol. The van der Waals surface area contributed by atoms with Crippen molar-refractivity contribution in [3.63, 3.8) is 0 Å². The minimum Gasteiger partial charge on any atom is -0.391 e. The Hall–Kier alpha value is 0.170. The molecule has 3 N–H and O–H groups in total. The third-order valence-corrected chi connectivity index (χ3v) is 2.87. The first-order valence-electron chi connectivity index (χ1n) is 3.56. The zero-order valence-corrected chi connectivity index (χ0v) is 7.71. The molecule has 0 aromatic rings. The molecule has 0 spiro atoms. The molecular weight excluding hydrogens is 168 g/mol. The van der Waals surface area contributed by atoms with Gasteiger partial charge in [0.1, 0.15) is 4.87 Å². The highest BCUT2D eigenvalue weighted by Gasteiger charge is 2.42. The fraction of sp³-hybridized carbons (Fsp3) is 1.00. The average molecular weight is 183 g/mol. The highest BCUT2D eigenvalue weighted by Crippen LogP contribution is 2.28. The van der Waals surface area contributed by atoms with E-state index in [1.165, 1.54) is 20.8 Å². The Morgan fingerprint density at radius 1 is 0.909 bits per heavy atom. The smallest absolute Gasteiger partial charge is 0.121 e. The third kappa shape index (κ3) is 2.06. The molecule has 3 nitrogen and oxygen atoms in total. The Balaban J connectivity index is 4.53. The van der Waals surface area contributed by atoms with Crippen LogP contribution in [0.3, 0.4) is 0 Å². The van der Waals surface area contributed by atoms with Crippen molar-refractivity contribution in [2.75, 3.05) is 0 Å². The number of hydrogen-bond donors (Lipinski definition) is 3. The maximum absolute atomic E-state index is 9.16. The molecule has 0 aliphatic carbocycles. The summed E-state index contributed by atoms with van der Waals surface area (Å²) in [6.45, 7) is 4.31. The van der Waals surface area contributed by atoms with E-state index in [1.807, 2.05) is 0 Å². The summed E-state index contributed by atoms with van der Waals surface area (Å²) in [5.74, 6) is 0. The van der Waals surface area contributed by atoms with Crippen LogP contribution in [0.25, 0.3) is 0 Å². The van der Waals surface area contributed by atoms with E-state index in [4.69, 9.17) is 26.9 Å². The van der Waals surface area contributed by atoms with Gasteiger partial charge in [-0.15, -0.1) is 11.6 Å². The van der Waals surface area contributed by atoms with Gasteiger partial charge in [0.05, 0.1) is 18.3 Å². The molecule has 0 bridgehead atoms. The molecule has 0 aromatic carbocycles. The first-order valence-corrected chi connectivity index (χ1v) is 3.94. The lowest BCUT2D eigenvalue weighted by molar-refractivity contribution is -0.0160. The van der Waals surface area contributed by atoms with Gasteiger partial charge in [0.25, 0.3) is 0 Å². The topological polar surface area (TPSA) is 60.7 Å². The van der Waals surface area contributed by atoms with Crippen LogP contribution in [0, 0.1) is 0 Å². The SMILES string of the molecule is CC(O)C(Cl)(C(C)O)C(C)O. The first kappa shape index (κ1) is 11.2. The van der Waals surface area contributed by atoms with E-state index in [9.17, 15) is 0 Å². The predicted octanol–water partition coefficient (Wildman–Crippen LogP) is 0.106. The lowest BCUT2D eigenvalue weighted by atomic mass is 9.91. The second-order valence-corrected chi connectivity index (χ2v) is 3.51. The van der Waals surface area contributed by atoms with Crippen molar-refractivity contribution in [1.82, 2.24) is 0 Å². The summed E-state index contributed by atoms with van der Waals surface area (Å²) in [5.41, 5.74) is 0. The van der Waals surface area contributed by atoms with Gasteiger partial charge in [-0.05, 0) is 20.8 Å². The van der Waals surface area contributed by atoms with Gasteiger partial charge in [0.15, 0.2) is 0 Å². The summed E-state index contributed by atoms with van der Waals surface area (Å²) in [6, 6.07) is 0. The van der Waals surface area contributed by atoms with Gasteiger partial charge in [-0.3, -0.25) is 0 Å². The van der Waals surface area contributed by atoms with Crippen molar-refractivity contribution in [3.05, 3.63) is 0 Å². The summed E-state index contributed by atoms with van der Waals surface area (Å²) in [4.78, 5) is -1.36. The standard InChI is InChI=1S/C7H15ClO3/c1-4(9)7(8,5(2)10)6(3)11/h4-6,9-11H,1-3H3. The van der Waals surface area contributed by atoms with Crippen LogP contribution in [0.15, 0.2) is 0 Å². The van der Waals surface area contributed by atoms with Crippen LogP contribution in [0.5, 0.6) is 0 Å². The second-order valence-electron chi connectivity index (χ2n) is 2.86. The Bertz CT molecular complexity index is 101. The highest BCUT2D eigenvalue weighted by atomic mass is 35.5. The molecule has 0 amide bonds. The molecule has 4 heteroatoms. The van der Waals surface area contributed by atoms with Crippen molar-refractivity contribution in [2.24, 2.45) is 0 Å². The van der Waals surface area contributed by atoms with E-state index in [0.717, 1.165) is 0 Å². The summed E-state index contributed by atoms with van der Waals surface area (Å²) in [7, 11) is 0. The van der Waals surface area contributed by atoms with Gasteiger partial charge in [0.2, 0.25) is 0 Å². The molecule has 0 heterocycles. The number of aliphatic hydroxyl groups excluding tert-OH is 3. The van der Waals surface area contributed by atoms with E-state index in [2.05, 4.69) is 0 Å². The van der Waals surface area contributed by atoms with Crippen molar-refractivity contribution in [1.29, 1.82) is 0 Å². The van der Waals surface area contributed by atoms with Crippen LogP contribution < -0.4 is 0 Å². The van der Waals surface area contributed by atoms with E-state index in [1.54, 1.807) is 0 Å². The number of aliphatic hydroxyl groups is 3. The maximum Gasteiger partial charge on any atom is 0.121 e. The molecule has 0 aliphatic heterocycles. The zero-order chi connectivity index (χ0) is 9.23. The zero-order valence-electron chi connectivity index (χ0n) is 6.95. The first-order chi connectivity index (χ1) is 4.83. The van der Waals surface area contributed by atoms with E-state index < -0.39 is 23.2 Å². The van der Waals surface area contributed by atoms with E-state index in [-0.39, 0.29) is 0 Å². The van der Waals surface area contributed by atoms with Gasteiger partial charge in [-0.25, -0.2) is 0 Å². The average Bonchev–Trinajstić information content (AvgIpc) is 1.84. The van der Waals surface area contributed by atoms with E-state index in [0.29, 0.717) is 0 Å². The Morgan fingerprint density at radius 3 is 1.09 bits per heavy atom. The molecule has 68 valence electrons. The van der Waals surface area contributed by atoms with Gasteiger partial charge >= 0.3 is 0 Å². The molecule has 3 atom stereocenters. The molecule has 0 aromatic heterocycles. The van der Waals surface area contributed by atoms with Crippen molar-refractivity contribution >= 4 is 11.6 Å². The molecule has 0 aliphatic rings. The molecule has 0 rings (SSSR count). The number of alkyl halides is 1. The molecule has 0 saturated heterocycles. The summed E-state index contributed by atoms with van der Waals surface area (Å²) < 4.78 is 0. The second kappa shape index (κ2) is 3.72.